The number of guanidine groups is 1. The number of halogens is 1. The molecule has 2 atom stereocenters. The van der Waals surface area contributed by atoms with E-state index in [0.29, 0.717) is 18.6 Å². The predicted octanol–water partition coefficient (Wildman–Crippen LogP) is 3.23. The quantitative estimate of drug-likeness (QED) is 0.345. The van der Waals surface area contributed by atoms with Gasteiger partial charge in [0.25, 0.3) is 0 Å². The Morgan fingerprint density at radius 2 is 1.93 bits per heavy atom. The van der Waals surface area contributed by atoms with Crippen LogP contribution in [-0.2, 0) is 9.47 Å². The van der Waals surface area contributed by atoms with Gasteiger partial charge < -0.3 is 25.0 Å². The van der Waals surface area contributed by atoms with Gasteiger partial charge in [-0.2, -0.15) is 0 Å². The molecule has 28 heavy (non-hydrogen) atoms. The Balaban J connectivity index is 0.00000392. The van der Waals surface area contributed by atoms with Gasteiger partial charge in [0.15, 0.2) is 5.96 Å². The van der Waals surface area contributed by atoms with Crippen LogP contribution in [0, 0.1) is 11.3 Å². The zero-order chi connectivity index (χ0) is 19.9. The van der Waals surface area contributed by atoms with Crippen molar-refractivity contribution in [2.45, 2.75) is 65.5 Å². The lowest BCUT2D eigenvalue weighted by atomic mass is 9.78. The summed E-state index contributed by atoms with van der Waals surface area (Å²) in [7, 11) is 1.81. The first-order chi connectivity index (χ1) is 12.8. The molecule has 2 heterocycles. The summed E-state index contributed by atoms with van der Waals surface area (Å²) in [6, 6.07) is 0.322. The maximum absolute atomic E-state index is 11.8. The van der Waals surface area contributed by atoms with Crippen LogP contribution in [-0.4, -0.2) is 69.0 Å². The van der Waals surface area contributed by atoms with Crippen molar-refractivity contribution in [3.63, 3.8) is 0 Å². The first kappa shape index (κ1) is 25.3. The third kappa shape index (κ3) is 7.57. The zero-order valence-corrected chi connectivity index (χ0v) is 20.5. The summed E-state index contributed by atoms with van der Waals surface area (Å²) < 4.78 is 11.2. The molecular formula is C20H39IN4O3. The van der Waals surface area contributed by atoms with Crippen LogP contribution >= 0.6 is 24.0 Å². The van der Waals surface area contributed by atoms with E-state index in [4.69, 9.17) is 9.47 Å². The molecule has 0 aromatic rings. The van der Waals surface area contributed by atoms with Gasteiger partial charge in [0.05, 0.1) is 12.7 Å². The topological polar surface area (TPSA) is 75.2 Å². The summed E-state index contributed by atoms with van der Waals surface area (Å²) in [6.07, 6.45) is 4.17. The molecule has 2 saturated heterocycles. The van der Waals surface area contributed by atoms with E-state index in [2.05, 4.69) is 36.4 Å². The van der Waals surface area contributed by atoms with Crippen LogP contribution in [0.2, 0.25) is 0 Å². The maximum Gasteiger partial charge on any atom is 0.409 e. The average Bonchev–Trinajstić information content (AvgIpc) is 2.65. The number of carbonyl (C=O) groups excluding carboxylic acids is 1. The van der Waals surface area contributed by atoms with Crippen molar-refractivity contribution in [1.82, 2.24) is 15.5 Å². The lowest BCUT2D eigenvalue weighted by Crippen LogP contribution is -2.52. The average molecular weight is 510 g/mol. The summed E-state index contributed by atoms with van der Waals surface area (Å²) in [5.41, 5.74) is 0.143. The van der Waals surface area contributed by atoms with Gasteiger partial charge in [0.1, 0.15) is 0 Å². The fourth-order valence-corrected chi connectivity index (χ4v) is 4.05. The number of rotatable bonds is 4. The minimum absolute atomic E-state index is 0. The van der Waals surface area contributed by atoms with Crippen LogP contribution in [0.25, 0.3) is 0 Å². The van der Waals surface area contributed by atoms with Crippen molar-refractivity contribution in [1.29, 1.82) is 0 Å². The summed E-state index contributed by atoms with van der Waals surface area (Å²) in [4.78, 5) is 18.0. The van der Waals surface area contributed by atoms with E-state index in [1.807, 2.05) is 14.0 Å². The third-order valence-corrected chi connectivity index (χ3v) is 5.42. The largest absolute Gasteiger partial charge is 0.450 e. The molecule has 0 bridgehead atoms. The summed E-state index contributed by atoms with van der Waals surface area (Å²) in [5.74, 6) is 1.32. The molecule has 164 valence electrons. The number of hydrogen-bond acceptors (Lipinski definition) is 4. The molecular weight excluding hydrogens is 471 g/mol. The van der Waals surface area contributed by atoms with E-state index in [1.54, 1.807) is 4.90 Å². The standard InChI is InChI=1S/C20H38N4O3.HI/c1-6-26-19(25)24-11-9-16(10-12-24)23-18(21-5)22-14-15-8-7-13-27-17(15)20(2,3)4;/h15-17H,6-14H2,1-5H3,(H2,21,22,23);1H. The van der Waals surface area contributed by atoms with Crippen molar-refractivity contribution in [2.24, 2.45) is 16.3 Å². The van der Waals surface area contributed by atoms with Gasteiger partial charge in [-0.1, -0.05) is 20.8 Å². The molecule has 0 aromatic heterocycles. The van der Waals surface area contributed by atoms with Crippen LogP contribution in [0.3, 0.4) is 0 Å². The molecule has 0 radical (unpaired) electrons. The van der Waals surface area contributed by atoms with Gasteiger partial charge in [-0.15, -0.1) is 24.0 Å². The van der Waals surface area contributed by atoms with Crippen molar-refractivity contribution >= 4 is 36.0 Å². The molecule has 2 unspecified atom stereocenters. The Kier molecular flexibility index (Phi) is 10.9. The molecule has 0 spiro atoms. The monoisotopic (exact) mass is 510 g/mol. The van der Waals surface area contributed by atoms with Crippen LogP contribution in [0.5, 0.6) is 0 Å². The van der Waals surface area contributed by atoms with Crippen molar-refractivity contribution in [3.8, 4) is 0 Å². The van der Waals surface area contributed by atoms with E-state index in [1.165, 1.54) is 6.42 Å². The number of piperidine rings is 1. The zero-order valence-electron chi connectivity index (χ0n) is 18.1. The molecule has 2 aliphatic rings. The van der Waals surface area contributed by atoms with E-state index in [0.717, 1.165) is 51.5 Å². The van der Waals surface area contributed by atoms with Crippen molar-refractivity contribution < 1.29 is 14.3 Å². The second-order valence-electron chi connectivity index (χ2n) is 8.62. The summed E-state index contributed by atoms with van der Waals surface area (Å²) in [5, 5.41) is 7.01. The van der Waals surface area contributed by atoms with Gasteiger partial charge >= 0.3 is 6.09 Å². The Hall–Kier alpha value is -0.770. The molecule has 0 aliphatic carbocycles. The van der Waals surface area contributed by atoms with E-state index in [-0.39, 0.29) is 41.6 Å². The highest BCUT2D eigenvalue weighted by molar-refractivity contribution is 14.0. The molecule has 2 fully saturated rings. The predicted molar refractivity (Wildman–Crippen MR) is 123 cm³/mol. The second kappa shape index (κ2) is 12.0. The number of likely N-dealkylation sites (tertiary alicyclic amines) is 1. The van der Waals surface area contributed by atoms with Crippen LogP contribution in [0.1, 0.15) is 53.4 Å². The molecule has 7 nitrogen and oxygen atoms in total. The Morgan fingerprint density at radius 1 is 1.25 bits per heavy atom. The van der Waals surface area contributed by atoms with Crippen LogP contribution in [0.15, 0.2) is 4.99 Å². The molecule has 2 rings (SSSR count). The lowest BCUT2D eigenvalue weighted by Gasteiger charge is -2.40. The first-order valence-corrected chi connectivity index (χ1v) is 10.4. The van der Waals surface area contributed by atoms with Crippen molar-refractivity contribution in [3.05, 3.63) is 0 Å². The molecule has 8 heteroatoms. The van der Waals surface area contributed by atoms with Gasteiger partial charge in [0.2, 0.25) is 0 Å². The van der Waals surface area contributed by atoms with E-state index in [9.17, 15) is 4.79 Å². The SMILES string of the molecule is CCOC(=O)N1CCC(NC(=NC)NCC2CCCOC2C(C)(C)C)CC1.I. The second-order valence-corrected chi connectivity index (χ2v) is 8.62. The van der Waals surface area contributed by atoms with E-state index >= 15 is 0 Å². The minimum Gasteiger partial charge on any atom is -0.450 e. The normalized spacial score (nSPS) is 24.3. The number of amides is 1. The van der Waals surface area contributed by atoms with Gasteiger partial charge in [-0.25, -0.2) is 4.79 Å². The highest BCUT2D eigenvalue weighted by Crippen LogP contribution is 2.33. The first-order valence-electron chi connectivity index (χ1n) is 10.4. The van der Waals surface area contributed by atoms with Crippen LogP contribution in [0.4, 0.5) is 4.79 Å². The number of ether oxygens (including phenoxy) is 2. The molecule has 0 saturated carbocycles. The smallest absolute Gasteiger partial charge is 0.409 e. The Bertz CT molecular complexity index is 502. The molecule has 2 N–H and O–H groups in total. The Morgan fingerprint density at radius 3 is 2.50 bits per heavy atom. The van der Waals surface area contributed by atoms with Crippen molar-refractivity contribution in [2.75, 3.05) is 39.9 Å². The molecule has 1 amide bonds. The summed E-state index contributed by atoms with van der Waals surface area (Å²) >= 11 is 0. The lowest BCUT2D eigenvalue weighted by molar-refractivity contribution is -0.0835. The van der Waals surface area contributed by atoms with E-state index < -0.39 is 0 Å². The van der Waals surface area contributed by atoms with Crippen LogP contribution < -0.4 is 10.6 Å². The van der Waals surface area contributed by atoms with Gasteiger partial charge in [-0.05, 0) is 38.0 Å². The number of carbonyl (C=O) groups is 1. The Labute approximate surface area is 187 Å². The number of hydrogen-bond donors (Lipinski definition) is 2. The number of nitrogens with one attached hydrogen (secondary N) is 2. The highest BCUT2D eigenvalue weighted by Gasteiger charge is 2.35. The molecule has 2 aliphatic heterocycles. The van der Waals surface area contributed by atoms with Gasteiger partial charge in [0, 0.05) is 45.2 Å². The maximum atomic E-state index is 11.8. The van der Waals surface area contributed by atoms with Gasteiger partial charge in [-0.3, -0.25) is 4.99 Å². The minimum atomic E-state index is -0.205. The molecule has 0 aromatic carbocycles. The third-order valence-electron chi connectivity index (χ3n) is 5.42. The fourth-order valence-electron chi connectivity index (χ4n) is 4.05. The summed E-state index contributed by atoms with van der Waals surface area (Å²) in [6.45, 7) is 12.2. The number of nitrogens with zero attached hydrogens (tertiary/aromatic N) is 2. The number of aliphatic imine (C=N–C) groups is 1. The highest BCUT2D eigenvalue weighted by atomic mass is 127. The fraction of sp³-hybridized carbons (Fsp3) is 0.900.